The highest BCUT2D eigenvalue weighted by Crippen LogP contribution is 2.19. The summed E-state index contributed by atoms with van der Waals surface area (Å²) in [7, 11) is 0. The molecule has 0 spiro atoms. The van der Waals surface area contributed by atoms with Crippen LogP contribution >= 0.6 is 11.8 Å². The van der Waals surface area contributed by atoms with Crippen LogP contribution in [0.25, 0.3) is 0 Å². The van der Waals surface area contributed by atoms with Gasteiger partial charge in [0.1, 0.15) is 0 Å². The first kappa shape index (κ1) is 11.9. The standard InChI is InChI=1S/C13H22S/c1-3-4-5-10-14-11-13-8-6-12(2)7-9-13/h6,8-9,12H,3-5,7,10-11H2,1-2H3. The Hall–Kier alpha value is -0.170. The Balaban J connectivity index is 2.05. The third-order valence-corrected chi connectivity index (χ3v) is 3.67. The molecular formula is C13H22S. The molecule has 0 bridgehead atoms. The highest BCUT2D eigenvalue weighted by Gasteiger charge is 2.02. The predicted molar refractivity (Wildman–Crippen MR) is 67.9 cm³/mol. The molecule has 1 heteroatoms. The van der Waals surface area contributed by atoms with Gasteiger partial charge >= 0.3 is 0 Å². The average molecular weight is 210 g/mol. The molecule has 0 nitrogen and oxygen atoms in total. The highest BCUT2D eigenvalue weighted by molar-refractivity contribution is 7.99. The van der Waals surface area contributed by atoms with Crippen molar-refractivity contribution in [2.45, 2.75) is 39.5 Å². The molecule has 0 saturated carbocycles. The van der Waals surface area contributed by atoms with Crippen molar-refractivity contribution in [3.8, 4) is 0 Å². The molecule has 0 aromatic heterocycles. The van der Waals surface area contributed by atoms with Crippen molar-refractivity contribution >= 4 is 11.8 Å². The van der Waals surface area contributed by atoms with E-state index in [2.05, 4.69) is 43.8 Å². The van der Waals surface area contributed by atoms with E-state index >= 15 is 0 Å². The van der Waals surface area contributed by atoms with Gasteiger partial charge in [-0.1, -0.05) is 44.9 Å². The van der Waals surface area contributed by atoms with Gasteiger partial charge in [-0.05, 0) is 30.1 Å². The number of rotatable bonds is 6. The lowest BCUT2D eigenvalue weighted by molar-refractivity contribution is 0.731. The Morgan fingerprint density at radius 3 is 2.93 bits per heavy atom. The van der Waals surface area contributed by atoms with Crippen LogP contribution in [0.4, 0.5) is 0 Å². The average Bonchev–Trinajstić information content (AvgIpc) is 2.21. The van der Waals surface area contributed by atoms with E-state index in [9.17, 15) is 0 Å². The first-order valence-electron chi connectivity index (χ1n) is 5.78. The van der Waals surface area contributed by atoms with E-state index in [0.717, 1.165) is 5.92 Å². The normalized spacial score (nSPS) is 21.0. The van der Waals surface area contributed by atoms with E-state index in [-0.39, 0.29) is 0 Å². The van der Waals surface area contributed by atoms with Gasteiger partial charge in [-0.25, -0.2) is 0 Å². The first-order valence-corrected chi connectivity index (χ1v) is 6.93. The van der Waals surface area contributed by atoms with Crippen LogP contribution in [0.2, 0.25) is 0 Å². The summed E-state index contributed by atoms with van der Waals surface area (Å²) in [6.07, 6.45) is 12.4. The molecule has 1 atom stereocenters. The smallest absolute Gasteiger partial charge is 0.0181 e. The van der Waals surface area contributed by atoms with Crippen LogP contribution in [0, 0.1) is 5.92 Å². The Labute approximate surface area is 92.9 Å². The maximum Gasteiger partial charge on any atom is 0.0181 e. The van der Waals surface area contributed by atoms with E-state index in [4.69, 9.17) is 0 Å². The summed E-state index contributed by atoms with van der Waals surface area (Å²) in [4.78, 5) is 0. The van der Waals surface area contributed by atoms with Gasteiger partial charge in [0.25, 0.3) is 0 Å². The largest absolute Gasteiger partial charge is 0.157 e. The summed E-state index contributed by atoms with van der Waals surface area (Å²) in [5, 5.41) is 0. The van der Waals surface area contributed by atoms with E-state index in [1.807, 2.05) is 0 Å². The maximum atomic E-state index is 2.40. The van der Waals surface area contributed by atoms with Gasteiger partial charge in [0, 0.05) is 5.75 Å². The molecule has 0 aliphatic heterocycles. The lowest BCUT2D eigenvalue weighted by atomic mass is 10.00. The third kappa shape index (κ3) is 4.90. The Bertz CT molecular complexity index is 203. The second-order valence-corrected chi connectivity index (χ2v) is 5.22. The summed E-state index contributed by atoms with van der Waals surface area (Å²) >= 11 is 2.08. The third-order valence-electron chi connectivity index (χ3n) is 2.55. The van der Waals surface area contributed by atoms with E-state index in [0.29, 0.717) is 0 Å². The van der Waals surface area contributed by atoms with Gasteiger partial charge in [-0.15, -0.1) is 0 Å². The quantitative estimate of drug-likeness (QED) is 0.584. The topological polar surface area (TPSA) is 0 Å². The van der Waals surface area contributed by atoms with Crippen molar-refractivity contribution < 1.29 is 0 Å². The molecule has 0 radical (unpaired) electrons. The van der Waals surface area contributed by atoms with Crippen LogP contribution in [0.3, 0.4) is 0 Å². The maximum absolute atomic E-state index is 2.40. The molecule has 80 valence electrons. The number of hydrogen-bond donors (Lipinski definition) is 0. The minimum Gasteiger partial charge on any atom is -0.157 e. The molecule has 0 saturated heterocycles. The van der Waals surface area contributed by atoms with Crippen LogP contribution in [0.15, 0.2) is 23.8 Å². The Kier molecular flexibility index (Phi) is 6.09. The summed E-state index contributed by atoms with van der Waals surface area (Å²) < 4.78 is 0. The zero-order valence-electron chi connectivity index (χ0n) is 9.46. The molecule has 0 heterocycles. The number of hydrogen-bond acceptors (Lipinski definition) is 1. The number of thioether (sulfide) groups is 1. The fourth-order valence-corrected chi connectivity index (χ4v) is 2.53. The molecule has 14 heavy (non-hydrogen) atoms. The molecule has 1 unspecified atom stereocenters. The lowest BCUT2D eigenvalue weighted by Gasteiger charge is -2.11. The minimum absolute atomic E-state index is 0.754. The fourth-order valence-electron chi connectivity index (χ4n) is 1.52. The number of unbranched alkanes of at least 4 members (excludes halogenated alkanes) is 2. The van der Waals surface area contributed by atoms with Crippen molar-refractivity contribution in [1.29, 1.82) is 0 Å². The van der Waals surface area contributed by atoms with Crippen molar-refractivity contribution in [2.75, 3.05) is 11.5 Å². The minimum atomic E-state index is 0.754. The van der Waals surface area contributed by atoms with Gasteiger partial charge < -0.3 is 0 Å². The molecule has 0 N–H and O–H groups in total. The second-order valence-electron chi connectivity index (χ2n) is 4.11. The molecule has 0 aromatic rings. The molecule has 0 aromatic carbocycles. The fraction of sp³-hybridized carbons (Fsp3) is 0.692. The molecule has 1 aliphatic carbocycles. The monoisotopic (exact) mass is 210 g/mol. The Morgan fingerprint density at radius 2 is 2.29 bits per heavy atom. The SMILES string of the molecule is CCCCCSCC1=CCC(C)C=C1. The van der Waals surface area contributed by atoms with Crippen molar-refractivity contribution in [2.24, 2.45) is 5.92 Å². The first-order chi connectivity index (χ1) is 6.83. The molecule has 1 aliphatic rings. The summed E-state index contributed by atoms with van der Waals surface area (Å²) in [5.74, 6) is 3.30. The van der Waals surface area contributed by atoms with Gasteiger partial charge in [0.05, 0.1) is 0 Å². The summed E-state index contributed by atoms with van der Waals surface area (Å²) in [6, 6.07) is 0. The van der Waals surface area contributed by atoms with Crippen molar-refractivity contribution in [1.82, 2.24) is 0 Å². The van der Waals surface area contributed by atoms with E-state index in [1.165, 1.54) is 42.8 Å². The Morgan fingerprint density at radius 1 is 1.43 bits per heavy atom. The van der Waals surface area contributed by atoms with Crippen molar-refractivity contribution in [3.05, 3.63) is 23.8 Å². The number of allylic oxidation sites excluding steroid dienone is 3. The van der Waals surface area contributed by atoms with Crippen LogP contribution in [0.5, 0.6) is 0 Å². The molecule has 1 rings (SSSR count). The van der Waals surface area contributed by atoms with Crippen LogP contribution in [-0.2, 0) is 0 Å². The summed E-state index contributed by atoms with van der Waals surface area (Å²) in [6.45, 7) is 4.54. The zero-order chi connectivity index (χ0) is 10.2. The highest BCUT2D eigenvalue weighted by atomic mass is 32.2. The second kappa shape index (κ2) is 7.17. The van der Waals surface area contributed by atoms with Crippen LogP contribution < -0.4 is 0 Å². The van der Waals surface area contributed by atoms with Gasteiger partial charge in [0.2, 0.25) is 0 Å². The predicted octanol–water partition coefficient (Wildman–Crippen LogP) is 4.43. The zero-order valence-corrected chi connectivity index (χ0v) is 10.3. The van der Waals surface area contributed by atoms with Crippen LogP contribution in [0.1, 0.15) is 39.5 Å². The lowest BCUT2D eigenvalue weighted by Crippen LogP contribution is -1.96. The van der Waals surface area contributed by atoms with E-state index in [1.54, 1.807) is 0 Å². The van der Waals surface area contributed by atoms with Crippen molar-refractivity contribution in [3.63, 3.8) is 0 Å². The van der Waals surface area contributed by atoms with Crippen LogP contribution in [-0.4, -0.2) is 11.5 Å². The molecule has 0 amide bonds. The molecule has 0 fully saturated rings. The molecular weight excluding hydrogens is 188 g/mol. The van der Waals surface area contributed by atoms with Gasteiger partial charge in [0.15, 0.2) is 0 Å². The van der Waals surface area contributed by atoms with Gasteiger partial charge in [-0.2, -0.15) is 11.8 Å². The van der Waals surface area contributed by atoms with E-state index < -0.39 is 0 Å². The summed E-state index contributed by atoms with van der Waals surface area (Å²) in [5.41, 5.74) is 1.53. The van der Waals surface area contributed by atoms with Gasteiger partial charge in [-0.3, -0.25) is 0 Å².